The first-order valence-electron chi connectivity index (χ1n) is 17.5. The number of alkyl carbamates (subject to hydrolysis) is 3. The topological polar surface area (TPSA) is 220 Å². The first-order valence-corrected chi connectivity index (χ1v) is 17.5. The van der Waals surface area contributed by atoms with E-state index in [0.717, 1.165) is 18.2 Å². The van der Waals surface area contributed by atoms with Crippen molar-refractivity contribution in [3.05, 3.63) is 71.8 Å². The molecule has 53 heavy (non-hydrogen) atoms. The number of unbranched alkanes of at least 4 members (excludes halogenated alkanes) is 2. The van der Waals surface area contributed by atoms with E-state index in [1.54, 1.807) is 20.8 Å². The highest BCUT2D eigenvalue weighted by molar-refractivity contribution is 5.93. The lowest BCUT2D eigenvalue weighted by Gasteiger charge is -2.26. The number of ether oxygens (including phenoxy) is 4. The molecule has 0 bridgehead atoms. The second-order valence-electron chi connectivity index (χ2n) is 13.0. The van der Waals surface area contributed by atoms with Gasteiger partial charge in [-0.3, -0.25) is 9.59 Å². The van der Waals surface area contributed by atoms with Crippen LogP contribution < -0.4 is 26.6 Å². The van der Waals surface area contributed by atoms with Crippen LogP contribution in [0.5, 0.6) is 0 Å². The third kappa shape index (κ3) is 19.1. The summed E-state index contributed by atoms with van der Waals surface area (Å²) in [4.78, 5) is 75.9. The molecule has 2 aromatic carbocycles. The maximum absolute atomic E-state index is 13.6. The van der Waals surface area contributed by atoms with Crippen molar-refractivity contribution in [2.45, 2.75) is 96.2 Å². The minimum atomic E-state index is -1.38. The van der Waals surface area contributed by atoms with E-state index >= 15 is 0 Å². The van der Waals surface area contributed by atoms with Gasteiger partial charge in [-0.25, -0.2) is 19.2 Å². The molecule has 0 spiro atoms. The molecule has 0 unspecified atom stereocenters. The molecule has 5 amide bonds. The lowest BCUT2D eigenvalue weighted by molar-refractivity contribution is -0.146. The zero-order valence-electron chi connectivity index (χ0n) is 30.8. The highest BCUT2D eigenvalue weighted by atomic mass is 16.6. The molecular formula is C37H53N5O11. The number of methoxy groups -OCH3 is 1. The largest absolute Gasteiger partial charge is 0.467 e. The number of aliphatic hydroxyl groups excluding tert-OH is 1. The molecule has 0 aliphatic rings. The third-order valence-electron chi connectivity index (χ3n) is 7.43. The average molecular weight is 744 g/mol. The van der Waals surface area contributed by atoms with Crippen LogP contribution in [0.1, 0.15) is 70.4 Å². The Morgan fingerprint density at radius 2 is 1.06 bits per heavy atom. The van der Waals surface area contributed by atoms with Gasteiger partial charge in [-0.1, -0.05) is 60.7 Å². The number of nitrogens with one attached hydrogen (secondary N) is 5. The smallest absolute Gasteiger partial charge is 0.408 e. The van der Waals surface area contributed by atoms with Crippen LogP contribution in [-0.4, -0.2) is 91.7 Å². The summed E-state index contributed by atoms with van der Waals surface area (Å²) in [5, 5.41) is 22.5. The van der Waals surface area contributed by atoms with E-state index in [1.165, 1.54) is 0 Å². The van der Waals surface area contributed by atoms with Crippen molar-refractivity contribution in [2.75, 3.05) is 26.8 Å². The van der Waals surface area contributed by atoms with E-state index < -0.39 is 66.4 Å². The maximum Gasteiger partial charge on any atom is 0.408 e. The minimum absolute atomic E-state index is 0.0752. The van der Waals surface area contributed by atoms with Gasteiger partial charge in [0.2, 0.25) is 11.8 Å². The Labute approximate surface area is 310 Å². The van der Waals surface area contributed by atoms with Crippen molar-refractivity contribution in [3.63, 3.8) is 0 Å². The first kappa shape index (κ1) is 43.8. The summed E-state index contributed by atoms with van der Waals surface area (Å²) in [5.74, 6) is -2.36. The highest BCUT2D eigenvalue weighted by Crippen LogP contribution is 2.10. The number of carbonyl (C=O) groups excluding carboxylic acids is 6. The monoisotopic (exact) mass is 743 g/mol. The van der Waals surface area contributed by atoms with Gasteiger partial charge in [0.25, 0.3) is 0 Å². The molecular weight excluding hydrogens is 690 g/mol. The predicted molar refractivity (Wildman–Crippen MR) is 193 cm³/mol. The number of amides is 5. The summed E-state index contributed by atoms with van der Waals surface area (Å²) in [6.07, 6.45) is -0.310. The van der Waals surface area contributed by atoms with Crippen LogP contribution in [0.2, 0.25) is 0 Å². The number of esters is 1. The molecule has 0 saturated heterocycles. The van der Waals surface area contributed by atoms with Crippen molar-refractivity contribution in [1.82, 2.24) is 26.6 Å². The van der Waals surface area contributed by atoms with Crippen molar-refractivity contribution in [3.8, 4) is 0 Å². The number of benzene rings is 2. The Kier molecular flexibility index (Phi) is 19.8. The van der Waals surface area contributed by atoms with Gasteiger partial charge in [-0.15, -0.1) is 0 Å². The zero-order chi connectivity index (χ0) is 39.1. The van der Waals surface area contributed by atoms with E-state index in [4.69, 9.17) is 14.2 Å². The molecule has 2 rings (SSSR count). The Morgan fingerprint density at radius 1 is 0.623 bits per heavy atom. The summed E-state index contributed by atoms with van der Waals surface area (Å²) in [5.41, 5.74) is 0.813. The minimum Gasteiger partial charge on any atom is -0.467 e. The van der Waals surface area contributed by atoms with Crippen LogP contribution >= 0.6 is 0 Å². The van der Waals surface area contributed by atoms with Gasteiger partial charge in [0.15, 0.2) is 6.04 Å². The third-order valence-corrected chi connectivity index (χ3v) is 7.43. The molecule has 0 heterocycles. The number of rotatable bonds is 21. The number of aliphatic hydroxyl groups is 1. The molecule has 16 heteroatoms. The van der Waals surface area contributed by atoms with E-state index in [-0.39, 0.29) is 39.1 Å². The van der Waals surface area contributed by atoms with Gasteiger partial charge in [0.05, 0.1) is 13.7 Å². The van der Waals surface area contributed by atoms with Crippen molar-refractivity contribution < 1.29 is 52.8 Å². The van der Waals surface area contributed by atoms with E-state index in [1.807, 2.05) is 60.7 Å². The molecule has 0 aliphatic carbocycles. The molecule has 0 aromatic heterocycles. The van der Waals surface area contributed by atoms with Crippen LogP contribution in [0.25, 0.3) is 0 Å². The fourth-order valence-corrected chi connectivity index (χ4v) is 4.73. The highest BCUT2D eigenvalue weighted by Gasteiger charge is 2.30. The summed E-state index contributed by atoms with van der Waals surface area (Å²) in [6, 6.07) is 14.6. The standard InChI is InChI=1S/C37H53N5O11/c1-37(2,3)53-36(49)42-29(20-12-14-22-39-35(48)52-25-27-17-9-6-10-18-27)32(45)40-28(31(44)41-30(23-43)33(46)50-4)19-11-13-21-38-34(47)51-24-26-15-7-5-8-16-26/h5-10,15-18,28-30,43H,11-14,19-25H2,1-4H3,(H,38,47)(H,39,48)(H,40,45)(H,41,44)(H,42,49)/t28-,29-,30-/m0/s1. The quantitative estimate of drug-likeness (QED) is 0.0620. The van der Waals surface area contributed by atoms with E-state index in [0.29, 0.717) is 25.7 Å². The van der Waals surface area contributed by atoms with Gasteiger partial charge in [0, 0.05) is 13.1 Å². The Hall–Kier alpha value is -5.38. The van der Waals surface area contributed by atoms with E-state index in [2.05, 4.69) is 31.3 Å². The number of hydrogen-bond acceptors (Lipinski definition) is 11. The van der Waals surface area contributed by atoms with Crippen LogP contribution in [0.4, 0.5) is 14.4 Å². The van der Waals surface area contributed by atoms with Gasteiger partial charge in [-0.2, -0.15) is 0 Å². The first-order chi connectivity index (χ1) is 25.3. The van der Waals surface area contributed by atoms with Crippen LogP contribution in [0.15, 0.2) is 60.7 Å². The second kappa shape index (κ2) is 24.0. The zero-order valence-corrected chi connectivity index (χ0v) is 30.8. The Morgan fingerprint density at radius 3 is 1.47 bits per heavy atom. The Balaban J connectivity index is 2.00. The fourth-order valence-electron chi connectivity index (χ4n) is 4.73. The van der Waals surface area contributed by atoms with Crippen LogP contribution in [-0.2, 0) is 46.5 Å². The molecule has 0 aliphatic heterocycles. The van der Waals surface area contributed by atoms with Crippen LogP contribution in [0, 0.1) is 0 Å². The summed E-state index contributed by atoms with van der Waals surface area (Å²) >= 11 is 0. The average Bonchev–Trinajstić information content (AvgIpc) is 3.13. The molecule has 0 saturated carbocycles. The molecule has 3 atom stereocenters. The maximum atomic E-state index is 13.6. The van der Waals surface area contributed by atoms with Gasteiger partial charge >= 0.3 is 24.2 Å². The fraction of sp³-hybridized carbons (Fsp3) is 0.514. The van der Waals surface area contributed by atoms with Crippen molar-refractivity contribution in [1.29, 1.82) is 0 Å². The van der Waals surface area contributed by atoms with Crippen molar-refractivity contribution in [2.24, 2.45) is 0 Å². The normalized spacial score (nSPS) is 12.5. The SMILES string of the molecule is COC(=O)[C@H](CO)NC(=O)[C@H](CCCCNC(=O)OCc1ccccc1)NC(=O)[C@H](CCCCNC(=O)OCc1ccccc1)NC(=O)OC(C)(C)C. The summed E-state index contributed by atoms with van der Waals surface area (Å²) in [7, 11) is 1.10. The molecule has 292 valence electrons. The number of carbonyl (C=O) groups is 6. The molecule has 0 fully saturated rings. The summed E-state index contributed by atoms with van der Waals surface area (Å²) in [6.45, 7) is 4.93. The van der Waals surface area contributed by atoms with Crippen LogP contribution in [0.3, 0.4) is 0 Å². The van der Waals surface area contributed by atoms with Gasteiger partial charge in [-0.05, 0) is 70.4 Å². The second-order valence-corrected chi connectivity index (χ2v) is 13.0. The predicted octanol–water partition coefficient (Wildman–Crippen LogP) is 3.21. The Bertz CT molecular complexity index is 1440. The molecule has 16 nitrogen and oxygen atoms in total. The summed E-state index contributed by atoms with van der Waals surface area (Å²) < 4.78 is 20.4. The molecule has 0 radical (unpaired) electrons. The van der Waals surface area contributed by atoms with Crippen molar-refractivity contribution >= 4 is 36.1 Å². The lowest BCUT2D eigenvalue weighted by Crippen LogP contribution is -2.56. The number of hydrogen-bond donors (Lipinski definition) is 6. The molecule has 6 N–H and O–H groups in total. The van der Waals surface area contributed by atoms with Gasteiger partial charge in [0.1, 0.15) is 30.9 Å². The molecule has 2 aromatic rings. The lowest BCUT2D eigenvalue weighted by atomic mass is 10.0. The van der Waals surface area contributed by atoms with Gasteiger partial charge < -0.3 is 50.6 Å². The van der Waals surface area contributed by atoms with E-state index in [9.17, 15) is 33.9 Å².